The second-order valence-electron chi connectivity index (χ2n) is 8.01. The minimum Gasteiger partial charge on any atom is -0.374 e. The lowest BCUT2D eigenvalue weighted by Crippen LogP contribution is -2.36. The van der Waals surface area contributed by atoms with Crippen LogP contribution >= 0.6 is 0 Å². The zero-order valence-corrected chi connectivity index (χ0v) is 15.9. The molecule has 1 atom stereocenters. The van der Waals surface area contributed by atoms with Gasteiger partial charge in [0.2, 0.25) is 0 Å². The third-order valence-electron chi connectivity index (χ3n) is 4.81. The predicted octanol–water partition coefficient (Wildman–Crippen LogP) is 3.43. The van der Waals surface area contributed by atoms with Crippen LogP contribution in [0, 0.1) is 13.8 Å². The van der Waals surface area contributed by atoms with Crippen LogP contribution in [0.25, 0.3) is 0 Å². The van der Waals surface area contributed by atoms with Gasteiger partial charge in [0.1, 0.15) is 0 Å². The van der Waals surface area contributed by atoms with E-state index in [-0.39, 0.29) is 5.41 Å². The number of likely N-dealkylation sites (tertiary alicyclic amines) is 1. The molecule has 128 valence electrons. The molecule has 0 N–H and O–H groups in total. The molecule has 1 saturated heterocycles. The molecule has 2 rings (SSSR count). The smallest absolute Gasteiger partial charge is 0.0759 e. The summed E-state index contributed by atoms with van der Waals surface area (Å²) in [7, 11) is 4.32. The zero-order chi connectivity index (χ0) is 17.4. The number of aryl methyl sites for hydroxylation is 2. The highest BCUT2D eigenvalue weighted by Crippen LogP contribution is 2.26. The molecular weight excluding hydrogens is 284 g/mol. The molecule has 4 heteroatoms. The van der Waals surface area contributed by atoms with Gasteiger partial charge in [0.25, 0.3) is 0 Å². The van der Waals surface area contributed by atoms with E-state index in [0.29, 0.717) is 6.04 Å². The van der Waals surface area contributed by atoms with Gasteiger partial charge in [0, 0.05) is 37.3 Å². The molecule has 1 aliphatic rings. The van der Waals surface area contributed by atoms with E-state index >= 15 is 0 Å². The van der Waals surface area contributed by atoms with Crippen LogP contribution in [0.1, 0.15) is 56.4 Å². The highest BCUT2D eigenvalue weighted by Gasteiger charge is 2.25. The normalized spacial score (nSPS) is 19.0. The van der Waals surface area contributed by atoms with Gasteiger partial charge in [-0.05, 0) is 33.7 Å². The summed E-state index contributed by atoms with van der Waals surface area (Å²) in [4.78, 5) is 14.4. The molecule has 0 unspecified atom stereocenters. The van der Waals surface area contributed by atoms with Crippen LogP contribution in [0.5, 0.6) is 0 Å². The average molecular weight is 316 g/mol. The first-order valence-electron chi connectivity index (χ1n) is 8.53. The zero-order valence-electron chi connectivity index (χ0n) is 15.9. The van der Waals surface area contributed by atoms with Gasteiger partial charge in [-0.3, -0.25) is 14.9 Å². The highest BCUT2D eigenvalue weighted by molar-refractivity contribution is 5.24. The van der Waals surface area contributed by atoms with Gasteiger partial charge in [-0.2, -0.15) is 0 Å². The van der Waals surface area contributed by atoms with Gasteiger partial charge in [-0.25, -0.2) is 0 Å². The van der Waals surface area contributed by atoms with E-state index < -0.39 is 0 Å². The van der Waals surface area contributed by atoms with Gasteiger partial charge in [-0.1, -0.05) is 27.4 Å². The van der Waals surface area contributed by atoms with Crippen molar-refractivity contribution in [2.75, 3.05) is 20.6 Å². The third-order valence-corrected chi connectivity index (χ3v) is 4.81. The predicted molar refractivity (Wildman–Crippen MR) is 96.5 cm³/mol. The lowest BCUT2D eigenvalue weighted by molar-refractivity contribution is 0.229. The van der Waals surface area contributed by atoms with Gasteiger partial charge < -0.3 is 4.90 Å². The van der Waals surface area contributed by atoms with Crippen molar-refractivity contribution >= 4 is 0 Å². The number of hydrogen-bond donors (Lipinski definition) is 0. The summed E-state index contributed by atoms with van der Waals surface area (Å²) >= 11 is 0. The van der Waals surface area contributed by atoms with Gasteiger partial charge >= 0.3 is 0 Å². The Labute approximate surface area is 141 Å². The fraction of sp³-hybridized carbons (Fsp3) is 0.684. The van der Waals surface area contributed by atoms with Gasteiger partial charge in [-0.15, -0.1) is 0 Å². The molecule has 2 heterocycles. The van der Waals surface area contributed by atoms with E-state index in [1.54, 1.807) is 0 Å². The molecule has 0 saturated carbocycles. The summed E-state index contributed by atoms with van der Waals surface area (Å²) in [5, 5.41) is 0. The number of nitrogens with zero attached hydrogens (tertiary/aromatic N) is 4. The second kappa shape index (κ2) is 6.60. The van der Waals surface area contributed by atoms with E-state index in [4.69, 9.17) is 9.97 Å². The van der Waals surface area contributed by atoms with Crippen molar-refractivity contribution in [1.29, 1.82) is 0 Å². The standard InChI is InChI=1S/C19H32N4/c1-13-9-10-16(23(13)8)11-22(7)12-17-14(2)21-18(15(3)20-17)19(4,5)6/h16H,1,9-12H2,2-8H3/t16-/m0/s1. The van der Waals surface area contributed by atoms with E-state index in [9.17, 15) is 0 Å². The molecule has 0 spiro atoms. The first kappa shape index (κ1) is 17.9. The van der Waals surface area contributed by atoms with Crippen LogP contribution in [-0.4, -0.2) is 46.4 Å². The molecule has 0 aromatic carbocycles. The van der Waals surface area contributed by atoms with Gasteiger partial charge in [0.15, 0.2) is 0 Å². The maximum Gasteiger partial charge on any atom is 0.0759 e. The minimum absolute atomic E-state index is 0.0409. The maximum atomic E-state index is 4.85. The summed E-state index contributed by atoms with van der Waals surface area (Å²) in [6.45, 7) is 16.7. The van der Waals surface area contributed by atoms with Crippen LogP contribution in [-0.2, 0) is 12.0 Å². The lowest BCUT2D eigenvalue weighted by atomic mass is 9.90. The summed E-state index contributed by atoms with van der Waals surface area (Å²) in [6.07, 6.45) is 2.32. The summed E-state index contributed by atoms with van der Waals surface area (Å²) < 4.78 is 0. The number of likely N-dealkylation sites (N-methyl/N-ethyl adjacent to an activating group) is 2. The Balaban J connectivity index is 2.08. The molecule has 1 fully saturated rings. The molecule has 4 nitrogen and oxygen atoms in total. The van der Waals surface area contributed by atoms with Crippen molar-refractivity contribution < 1.29 is 0 Å². The minimum atomic E-state index is 0.0409. The van der Waals surface area contributed by atoms with E-state index in [0.717, 1.165) is 42.3 Å². The molecule has 0 radical (unpaired) electrons. The van der Waals surface area contributed by atoms with Crippen LogP contribution in [0.4, 0.5) is 0 Å². The topological polar surface area (TPSA) is 32.3 Å². The van der Waals surface area contributed by atoms with Crippen molar-refractivity contribution in [2.45, 2.75) is 65.5 Å². The second-order valence-corrected chi connectivity index (χ2v) is 8.01. The molecule has 23 heavy (non-hydrogen) atoms. The SMILES string of the molecule is C=C1CC[C@@H](CN(C)Cc2nc(C)c(C(C)(C)C)nc2C)N1C. The Morgan fingerprint density at radius 1 is 1.22 bits per heavy atom. The Hall–Kier alpha value is -1.42. The monoisotopic (exact) mass is 316 g/mol. The molecule has 0 aliphatic carbocycles. The molecule has 0 amide bonds. The Kier molecular flexibility index (Phi) is 5.14. The third kappa shape index (κ3) is 4.11. The van der Waals surface area contributed by atoms with E-state index in [1.807, 2.05) is 0 Å². The Morgan fingerprint density at radius 3 is 2.39 bits per heavy atom. The van der Waals surface area contributed by atoms with Crippen LogP contribution in [0.15, 0.2) is 12.3 Å². The van der Waals surface area contributed by atoms with Crippen molar-refractivity contribution in [3.8, 4) is 0 Å². The molecule has 1 aromatic rings. The van der Waals surface area contributed by atoms with Crippen LogP contribution in [0.3, 0.4) is 0 Å². The largest absolute Gasteiger partial charge is 0.374 e. The van der Waals surface area contributed by atoms with Crippen LogP contribution < -0.4 is 0 Å². The summed E-state index contributed by atoms with van der Waals surface area (Å²) in [5.74, 6) is 0. The number of hydrogen-bond acceptors (Lipinski definition) is 4. The first-order valence-corrected chi connectivity index (χ1v) is 8.53. The quantitative estimate of drug-likeness (QED) is 0.852. The molecular formula is C19H32N4. The molecule has 1 aromatic heterocycles. The molecule has 0 bridgehead atoms. The van der Waals surface area contributed by atoms with Gasteiger partial charge in [0.05, 0.1) is 22.8 Å². The number of allylic oxidation sites excluding steroid dienone is 1. The average Bonchev–Trinajstić information content (AvgIpc) is 2.73. The van der Waals surface area contributed by atoms with Crippen molar-refractivity contribution in [2.24, 2.45) is 0 Å². The maximum absolute atomic E-state index is 4.85. The Bertz CT molecular complexity index is 586. The number of rotatable bonds is 4. The lowest BCUT2D eigenvalue weighted by Gasteiger charge is -2.28. The number of aromatic nitrogens is 2. The van der Waals surface area contributed by atoms with Crippen LogP contribution in [0.2, 0.25) is 0 Å². The van der Waals surface area contributed by atoms with E-state index in [2.05, 4.69) is 65.1 Å². The van der Waals surface area contributed by atoms with E-state index in [1.165, 1.54) is 12.1 Å². The Morgan fingerprint density at radius 2 is 1.87 bits per heavy atom. The fourth-order valence-electron chi connectivity index (χ4n) is 3.36. The van der Waals surface area contributed by atoms with Crippen molar-refractivity contribution in [1.82, 2.24) is 19.8 Å². The summed E-state index contributed by atoms with van der Waals surface area (Å²) in [6, 6.07) is 0.565. The fourth-order valence-corrected chi connectivity index (χ4v) is 3.36. The summed E-state index contributed by atoms with van der Waals surface area (Å²) in [5.41, 5.74) is 5.60. The first-order chi connectivity index (χ1) is 10.6. The molecule has 1 aliphatic heterocycles. The van der Waals surface area contributed by atoms with Crippen molar-refractivity contribution in [3.63, 3.8) is 0 Å². The van der Waals surface area contributed by atoms with Crippen molar-refractivity contribution in [3.05, 3.63) is 35.1 Å². The highest BCUT2D eigenvalue weighted by atomic mass is 15.2.